The molecule has 30 heavy (non-hydrogen) atoms. The molecule has 0 aliphatic rings. The monoisotopic (exact) mass is 439 g/mol. The molecule has 0 heterocycles. The van der Waals surface area contributed by atoms with Crippen LogP contribution in [0.2, 0.25) is 0 Å². The Morgan fingerprint density at radius 1 is 0.933 bits per heavy atom. The molecule has 0 aliphatic heterocycles. The third-order valence-electron chi connectivity index (χ3n) is 3.22. The van der Waals surface area contributed by atoms with Gasteiger partial charge in [0.1, 0.15) is 11.7 Å². The molecular weight excluding hydrogens is 410 g/mol. The van der Waals surface area contributed by atoms with Crippen LogP contribution in [0.1, 0.15) is 52.9 Å². The van der Waals surface area contributed by atoms with E-state index >= 15 is 0 Å². The van der Waals surface area contributed by atoms with Crippen molar-refractivity contribution < 1.29 is 43.6 Å². The van der Waals surface area contributed by atoms with Crippen LogP contribution < -0.4 is 5.32 Å². The molecular formula is C16H29N3O11. The highest BCUT2D eigenvalue weighted by Crippen LogP contribution is 2.10. The van der Waals surface area contributed by atoms with Crippen LogP contribution in [0.25, 0.3) is 0 Å². The third-order valence-corrected chi connectivity index (χ3v) is 3.22. The van der Waals surface area contributed by atoms with Gasteiger partial charge >= 0.3 is 12.2 Å². The van der Waals surface area contributed by atoms with E-state index in [2.05, 4.69) is 15.0 Å². The molecule has 0 aromatic rings. The van der Waals surface area contributed by atoms with Gasteiger partial charge in [-0.1, -0.05) is 0 Å². The van der Waals surface area contributed by atoms with E-state index in [0.29, 0.717) is 12.8 Å². The van der Waals surface area contributed by atoms with Crippen LogP contribution >= 0.6 is 0 Å². The van der Waals surface area contributed by atoms with E-state index in [-0.39, 0.29) is 45.6 Å². The number of alkyl carbamates (subject to hydrolysis) is 1. The van der Waals surface area contributed by atoms with Crippen LogP contribution in [-0.4, -0.2) is 60.5 Å². The smallest absolute Gasteiger partial charge is 0.444 e. The van der Waals surface area contributed by atoms with E-state index in [4.69, 9.17) is 14.2 Å². The van der Waals surface area contributed by atoms with Crippen LogP contribution in [0.4, 0.5) is 9.59 Å². The highest BCUT2D eigenvalue weighted by Gasteiger charge is 2.19. The van der Waals surface area contributed by atoms with Crippen molar-refractivity contribution >= 4 is 12.2 Å². The maximum Gasteiger partial charge on any atom is 0.508 e. The minimum atomic E-state index is -0.956. The Morgan fingerprint density at radius 2 is 1.50 bits per heavy atom. The zero-order chi connectivity index (χ0) is 23.0. The Kier molecular flexibility index (Phi) is 13.4. The molecule has 14 heteroatoms. The summed E-state index contributed by atoms with van der Waals surface area (Å²) in [7, 11) is 0. The first kappa shape index (κ1) is 26.9. The van der Waals surface area contributed by atoms with Crippen molar-refractivity contribution in [3.8, 4) is 0 Å². The van der Waals surface area contributed by atoms with Gasteiger partial charge in [-0.15, -0.1) is 20.2 Å². The third kappa shape index (κ3) is 18.3. The van der Waals surface area contributed by atoms with Crippen molar-refractivity contribution in [3.63, 3.8) is 0 Å². The topological polar surface area (TPSA) is 179 Å². The van der Waals surface area contributed by atoms with E-state index in [9.17, 15) is 29.8 Å². The summed E-state index contributed by atoms with van der Waals surface area (Å²) in [4.78, 5) is 52.0. The van der Waals surface area contributed by atoms with Crippen molar-refractivity contribution in [3.05, 3.63) is 20.2 Å². The Morgan fingerprint density at radius 3 is 2.07 bits per heavy atom. The average molecular weight is 439 g/mol. The van der Waals surface area contributed by atoms with Gasteiger partial charge in [-0.3, -0.25) is 0 Å². The summed E-state index contributed by atoms with van der Waals surface area (Å²) >= 11 is 0. The second-order valence-corrected chi connectivity index (χ2v) is 7.02. The van der Waals surface area contributed by atoms with E-state index in [0.717, 1.165) is 0 Å². The summed E-state index contributed by atoms with van der Waals surface area (Å²) in [6.45, 7) is 4.99. The predicted octanol–water partition coefficient (Wildman–Crippen LogP) is 2.40. The molecule has 1 amide bonds. The Bertz CT molecular complexity index is 551. The molecule has 174 valence electrons. The molecule has 0 bridgehead atoms. The lowest BCUT2D eigenvalue weighted by molar-refractivity contribution is -0.757. The number of rotatable bonds is 15. The number of carbonyl (C=O) groups is 2. The van der Waals surface area contributed by atoms with Gasteiger partial charge in [0.25, 0.3) is 10.2 Å². The number of ether oxygens (including phenoxy) is 3. The number of amides is 1. The first-order chi connectivity index (χ1) is 14.0. The molecule has 0 spiro atoms. The lowest BCUT2D eigenvalue weighted by Crippen LogP contribution is -2.34. The molecule has 0 radical (unpaired) electrons. The van der Waals surface area contributed by atoms with Gasteiger partial charge in [-0.2, -0.15) is 0 Å². The fourth-order valence-electron chi connectivity index (χ4n) is 2.03. The van der Waals surface area contributed by atoms with Crippen molar-refractivity contribution in [2.75, 3.05) is 26.4 Å². The van der Waals surface area contributed by atoms with Gasteiger partial charge in [0.2, 0.25) is 0 Å². The van der Waals surface area contributed by atoms with Crippen LogP contribution in [0.3, 0.4) is 0 Å². The standard InChI is InChI=1S/C16H29N3O11/c1-16(2,3)30-14(20)17-9-8-13(7-6-12-28-19(24)25)29-15(21)26-10-4-5-11-27-18(22)23/h13H,4-12H2,1-3H3,(H,17,20). The fourth-order valence-corrected chi connectivity index (χ4v) is 2.03. The number of nitrogens with zero attached hydrogens (tertiary/aromatic N) is 2. The molecule has 0 rings (SSSR count). The number of hydrogen-bond donors (Lipinski definition) is 1. The van der Waals surface area contributed by atoms with Gasteiger partial charge in [-0.25, -0.2) is 9.59 Å². The van der Waals surface area contributed by atoms with E-state index in [1.54, 1.807) is 20.8 Å². The van der Waals surface area contributed by atoms with Crippen molar-refractivity contribution in [1.29, 1.82) is 0 Å². The minimum Gasteiger partial charge on any atom is -0.444 e. The number of nitrogens with one attached hydrogen (secondary N) is 1. The lowest BCUT2D eigenvalue weighted by atomic mass is 10.1. The van der Waals surface area contributed by atoms with Gasteiger partial charge in [-0.05, 0) is 46.5 Å². The zero-order valence-electron chi connectivity index (χ0n) is 17.3. The molecule has 0 fully saturated rings. The summed E-state index contributed by atoms with van der Waals surface area (Å²) in [5, 5.41) is 20.9. The van der Waals surface area contributed by atoms with Gasteiger partial charge in [0.15, 0.2) is 0 Å². The van der Waals surface area contributed by atoms with E-state index in [1.807, 2.05) is 0 Å². The first-order valence-electron chi connectivity index (χ1n) is 9.34. The summed E-state index contributed by atoms with van der Waals surface area (Å²) in [6, 6.07) is 0. The second-order valence-electron chi connectivity index (χ2n) is 7.02. The Labute approximate surface area is 173 Å². The van der Waals surface area contributed by atoms with Gasteiger partial charge in [0, 0.05) is 13.0 Å². The molecule has 1 N–H and O–H groups in total. The zero-order valence-corrected chi connectivity index (χ0v) is 17.3. The number of unbranched alkanes of at least 4 members (excludes halogenated alkanes) is 1. The largest absolute Gasteiger partial charge is 0.508 e. The molecule has 1 atom stereocenters. The normalized spacial score (nSPS) is 11.7. The van der Waals surface area contributed by atoms with Gasteiger partial charge in [0.05, 0.1) is 19.8 Å². The van der Waals surface area contributed by atoms with Crippen LogP contribution in [0.5, 0.6) is 0 Å². The number of carbonyl (C=O) groups excluding carboxylic acids is 2. The van der Waals surface area contributed by atoms with Crippen molar-refractivity contribution in [1.82, 2.24) is 5.32 Å². The molecule has 0 aromatic carbocycles. The molecule has 1 unspecified atom stereocenters. The lowest BCUT2D eigenvalue weighted by Gasteiger charge is -2.21. The molecule has 0 saturated carbocycles. The Balaban J connectivity index is 4.30. The molecule has 14 nitrogen and oxygen atoms in total. The summed E-state index contributed by atoms with van der Waals surface area (Å²) in [5.41, 5.74) is -0.658. The fraction of sp³-hybridized carbons (Fsp3) is 0.875. The van der Waals surface area contributed by atoms with E-state index < -0.39 is 34.1 Å². The maximum absolute atomic E-state index is 11.8. The summed E-state index contributed by atoms with van der Waals surface area (Å²) in [5.74, 6) is 0. The van der Waals surface area contributed by atoms with Crippen LogP contribution in [-0.2, 0) is 23.9 Å². The Hall–Kier alpha value is -3.06. The minimum absolute atomic E-state index is 0.0206. The summed E-state index contributed by atoms with van der Waals surface area (Å²) in [6.07, 6.45) is -0.899. The molecule has 0 aromatic heterocycles. The van der Waals surface area contributed by atoms with Crippen LogP contribution in [0, 0.1) is 20.2 Å². The molecule has 0 saturated heterocycles. The van der Waals surface area contributed by atoms with Crippen molar-refractivity contribution in [2.24, 2.45) is 0 Å². The maximum atomic E-state index is 11.8. The van der Waals surface area contributed by atoms with E-state index in [1.165, 1.54) is 0 Å². The van der Waals surface area contributed by atoms with Crippen molar-refractivity contribution in [2.45, 2.75) is 64.6 Å². The van der Waals surface area contributed by atoms with Crippen LogP contribution in [0.15, 0.2) is 0 Å². The highest BCUT2D eigenvalue weighted by atomic mass is 17.0. The summed E-state index contributed by atoms with van der Waals surface area (Å²) < 4.78 is 15.1. The SMILES string of the molecule is CC(C)(C)OC(=O)NCCC(CCCO[N+](=O)[O-])OC(=O)OCCCCO[N+](=O)[O-]. The second kappa shape index (κ2) is 14.9. The molecule has 0 aliphatic carbocycles. The quantitative estimate of drug-likeness (QED) is 0.171. The van der Waals surface area contributed by atoms with Gasteiger partial charge < -0.3 is 29.2 Å². The highest BCUT2D eigenvalue weighted by molar-refractivity contribution is 5.67. The first-order valence-corrected chi connectivity index (χ1v) is 9.34. The number of hydrogen-bond acceptors (Lipinski definition) is 11. The average Bonchev–Trinajstić information content (AvgIpc) is 2.59. The predicted molar refractivity (Wildman–Crippen MR) is 99.4 cm³/mol.